The Bertz CT molecular complexity index is 77.6. The molecule has 1 N–H and O–H groups in total. The summed E-state index contributed by atoms with van der Waals surface area (Å²) in [5.41, 5.74) is 0. The van der Waals surface area contributed by atoms with Crippen molar-refractivity contribution in [3.8, 4) is 0 Å². The Morgan fingerprint density at radius 1 is 1.83 bits per heavy atom. The van der Waals surface area contributed by atoms with Gasteiger partial charge in [0.05, 0.1) is 0 Å². The molecule has 0 saturated heterocycles. The van der Waals surface area contributed by atoms with E-state index in [1.54, 1.807) is 0 Å². The van der Waals surface area contributed by atoms with Crippen LogP contribution in [0, 0.1) is 0 Å². The van der Waals surface area contributed by atoms with Crippen LogP contribution in [0.1, 0.15) is 0 Å². The van der Waals surface area contributed by atoms with Gasteiger partial charge in [0.1, 0.15) is 0 Å². The number of rotatable bonds is 0. The second kappa shape index (κ2) is 1.92. The van der Waals surface area contributed by atoms with E-state index in [0.717, 1.165) is 4.18 Å². The van der Waals surface area contributed by atoms with Gasteiger partial charge in [0.2, 0.25) is 0 Å². The number of allylic oxidation sites excluding steroid dienone is 2. The first kappa shape index (κ1) is 4.57. The van der Waals surface area contributed by atoms with Gasteiger partial charge >= 0.3 is 48.2 Å². The summed E-state index contributed by atoms with van der Waals surface area (Å²) in [4.78, 5) is 0. The van der Waals surface area contributed by atoms with Gasteiger partial charge in [0.15, 0.2) is 0 Å². The van der Waals surface area contributed by atoms with Crippen molar-refractivity contribution in [3.63, 3.8) is 0 Å². The third-order valence-electron chi connectivity index (χ3n) is 0.874. The van der Waals surface area contributed by atoms with E-state index < -0.39 is 0 Å². The minimum absolute atomic E-state index is 0.212. The standard InChI is InChI=1S/C4H6O.In/c1-3-4(2)5;/h3,5H,1-2H2;. The van der Waals surface area contributed by atoms with Gasteiger partial charge in [-0.2, -0.15) is 0 Å². The van der Waals surface area contributed by atoms with Crippen LogP contribution in [-0.4, -0.2) is 28.0 Å². The van der Waals surface area contributed by atoms with Crippen LogP contribution >= 0.6 is 0 Å². The average Bonchev–Trinajstić information content (AvgIpc) is 1.86. The molecule has 0 bridgehead atoms. The second-order valence-electron chi connectivity index (χ2n) is 1.42. The van der Waals surface area contributed by atoms with Gasteiger partial charge in [-0.1, -0.05) is 0 Å². The number of aliphatic hydroxyl groups is 1. The van der Waals surface area contributed by atoms with Crippen LogP contribution in [0.3, 0.4) is 0 Å². The molecule has 1 rings (SSSR count). The molecule has 0 saturated carbocycles. The molecule has 0 unspecified atom stereocenters. The quantitative estimate of drug-likeness (QED) is 0.596. The minimum atomic E-state index is -0.212. The molecule has 0 amide bonds. The summed E-state index contributed by atoms with van der Waals surface area (Å²) < 4.78 is 2.36. The molecule has 2 heteroatoms. The van der Waals surface area contributed by atoms with Crippen molar-refractivity contribution >= 4 is 22.9 Å². The first-order valence-electron chi connectivity index (χ1n) is 2.09. The molecular formula is C4H6InO. The molecule has 6 heavy (non-hydrogen) atoms. The zero-order valence-corrected chi connectivity index (χ0v) is 6.81. The molecule has 1 aliphatic rings. The Morgan fingerprint density at radius 3 is 2.83 bits per heavy atom. The predicted octanol–water partition coefficient (Wildman–Crippen LogP) is 0.983. The fraction of sp³-hybridized carbons (Fsp3) is 0.500. The Morgan fingerprint density at radius 2 is 2.67 bits per heavy atom. The predicted molar refractivity (Wildman–Crippen MR) is 26.1 cm³/mol. The van der Waals surface area contributed by atoms with Crippen LogP contribution < -0.4 is 0 Å². The van der Waals surface area contributed by atoms with Crippen LogP contribution in [0.15, 0.2) is 11.8 Å². The second-order valence-corrected chi connectivity index (χ2v) is 5.58. The molecule has 1 aliphatic heterocycles. The van der Waals surface area contributed by atoms with E-state index >= 15 is 0 Å². The Balaban J connectivity index is 2.45. The molecular weight excluding hydrogens is 179 g/mol. The molecule has 0 aromatic heterocycles. The average molecular weight is 185 g/mol. The van der Waals surface area contributed by atoms with Crippen LogP contribution in [0.5, 0.6) is 0 Å². The fourth-order valence-corrected chi connectivity index (χ4v) is 3.58. The van der Waals surface area contributed by atoms with E-state index in [2.05, 4.69) is 0 Å². The fourth-order valence-electron chi connectivity index (χ4n) is 0.534. The van der Waals surface area contributed by atoms with Gasteiger partial charge in [-0.25, -0.2) is 0 Å². The van der Waals surface area contributed by atoms with Gasteiger partial charge < -0.3 is 0 Å². The van der Waals surface area contributed by atoms with Crippen LogP contribution in [0.2, 0.25) is 8.35 Å². The summed E-state index contributed by atoms with van der Waals surface area (Å²) in [6, 6.07) is 0. The van der Waals surface area contributed by atoms with Crippen molar-refractivity contribution in [2.75, 3.05) is 0 Å². The molecule has 0 aliphatic carbocycles. The molecule has 0 aromatic rings. The molecule has 31 valence electrons. The number of aliphatic hydroxyl groups excluding tert-OH is 1. The zero-order valence-electron chi connectivity index (χ0n) is 3.52. The number of hydrogen-bond acceptors (Lipinski definition) is 1. The summed E-state index contributed by atoms with van der Waals surface area (Å²) >= 11 is -0.212. The Hall–Kier alpha value is 0.410. The van der Waals surface area contributed by atoms with Crippen molar-refractivity contribution in [2.24, 2.45) is 0 Å². The molecule has 0 spiro atoms. The van der Waals surface area contributed by atoms with Gasteiger partial charge in [0.25, 0.3) is 0 Å². The maximum absolute atomic E-state index is 8.64. The van der Waals surface area contributed by atoms with Crippen molar-refractivity contribution in [3.05, 3.63) is 11.8 Å². The zero-order chi connectivity index (χ0) is 4.41. The molecule has 1 heterocycles. The Labute approximate surface area is 48.4 Å². The monoisotopic (exact) mass is 185 g/mol. The first-order valence-corrected chi connectivity index (χ1v) is 6.75. The molecule has 0 atom stereocenters. The van der Waals surface area contributed by atoms with E-state index in [1.165, 1.54) is 4.18 Å². The summed E-state index contributed by atoms with van der Waals surface area (Å²) in [5, 5.41) is 8.64. The van der Waals surface area contributed by atoms with Gasteiger partial charge in [-0.15, -0.1) is 0 Å². The van der Waals surface area contributed by atoms with E-state index in [9.17, 15) is 0 Å². The molecule has 0 fully saturated rings. The summed E-state index contributed by atoms with van der Waals surface area (Å²) in [7, 11) is 0. The van der Waals surface area contributed by atoms with Crippen LogP contribution in [0.4, 0.5) is 0 Å². The normalized spacial score (nSPS) is 19.7. The SMILES string of the molecule is OC1=C[CH2][In][CH2]1. The van der Waals surface area contributed by atoms with Gasteiger partial charge in [-0.3, -0.25) is 0 Å². The van der Waals surface area contributed by atoms with Crippen molar-refractivity contribution < 1.29 is 5.11 Å². The van der Waals surface area contributed by atoms with Crippen molar-refractivity contribution in [1.82, 2.24) is 0 Å². The third kappa shape index (κ3) is 0.934. The molecule has 1 nitrogen and oxygen atoms in total. The topological polar surface area (TPSA) is 20.2 Å². The van der Waals surface area contributed by atoms with Gasteiger partial charge in [0, 0.05) is 0 Å². The number of hydrogen-bond donors (Lipinski definition) is 1. The molecule has 1 radical (unpaired) electrons. The summed E-state index contributed by atoms with van der Waals surface area (Å²) in [6.07, 6.45) is 1.96. The first-order chi connectivity index (χ1) is 2.89. The van der Waals surface area contributed by atoms with E-state index in [1.807, 2.05) is 6.08 Å². The van der Waals surface area contributed by atoms with Crippen molar-refractivity contribution in [1.29, 1.82) is 0 Å². The van der Waals surface area contributed by atoms with E-state index in [-0.39, 0.29) is 22.9 Å². The van der Waals surface area contributed by atoms with Crippen LogP contribution in [0.25, 0.3) is 0 Å². The van der Waals surface area contributed by atoms with Gasteiger partial charge in [-0.05, 0) is 0 Å². The maximum atomic E-state index is 8.64. The Kier molecular flexibility index (Phi) is 1.46. The summed E-state index contributed by atoms with van der Waals surface area (Å²) in [5.74, 6) is 0.663. The third-order valence-corrected chi connectivity index (χ3v) is 4.52. The van der Waals surface area contributed by atoms with Crippen molar-refractivity contribution in [2.45, 2.75) is 8.35 Å². The van der Waals surface area contributed by atoms with Crippen LogP contribution in [-0.2, 0) is 0 Å². The van der Waals surface area contributed by atoms with E-state index in [0.29, 0.717) is 5.76 Å². The van der Waals surface area contributed by atoms with E-state index in [4.69, 9.17) is 5.11 Å². The summed E-state index contributed by atoms with van der Waals surface area (Å²) in [6.45, 7) is 0. The molecule has 0 aromatic carbocycles.